The molecule has 0 radical (unpaired) electrons. The lowest BCUT2D eigenvalue weighted by Gasteiger charge is -2.46. The van der Waals surface area contributed by atoms with Gasteiger partial charge in [0.1, 0.15) is 0 Å². The first-order valence-corrected chi connectivity index (χ1v) is 21.0. The maximum Gasteiger partial charge on any atom is 0.0246 e. The molecule has 0 nitrogen and oxygen atoms in total. The molecule has 0 aliphatic heterocycles. The molecule has 0 N–H and O–H groups in total. The maximum atomic E-state index is 2.81. The lowest BCUT2D eigenvalue weighted by Crippen LogP contribution is -2.39. The van der Waals surface area contributed by atoms with E-state index in [1.54, 1.807) is 39.0 Å². The number of hydrogen-bond donors (Lipinski definition) is 0. The monoisotopic (exact) mass is 668 g/mol. The molecule has 9 aliphatic carbocycles. The fourth-order valence-corrected chi connectivity index (χ4v) is 12.5. The summed E-state index contributed by atoms with van der Waals surface area (Å²) in [6.07, 6.45) is 55.8. The second-order valence-corrected chi connectivity index (χ2v) is 17.2. The first-order chi connectivity index (χ1) is 25.3. The Kier molecular flexibility index (Phi) is 8.63. The van der Waals surface area contributed by atoms with Crippen molar-refractivity contribution in [2.45, 2.75) is 102 Å². The summed E-state index contributed by atoms with van der Waals surface area (Å²) in [5, 5.41) is 0. The van der Waals surface area contributed by atoms with Crippen molar-refractivity contribution >= 4 is 0 Å². The van der Waals surface area contributed by atoms with Gasteiger partial charge in [-0.15, -0.1) is 0 Å². The Labute approximate surface area is 307 Å². The van der Waals surface area contributed by atoms with Crippen LogP contribution in [0.1, 0.15) is 113 Å². The second-order valence-electron chi connectivity index (χ2n) is 17.2. The highest BCUT2D eigenvalue weighted by Gasteiger charge is 2.46. The van der Waals surface area contributed by atoms with E-state index >= 15 is 0 Å². The van der Waals surface area contributed by atoms with Crippen LogP contribution in [0.25, 0.3) is 0 Å². The van der Waals surface area contributed by atoms with Gasteiger partial charge in [-0.05, 0) is 158 Å². The first kappa shape index (κ1) is 32.0. The molecule has 51 heavy (non-hydrogen) atoms. The fraction of sp³-hybridized carbons (Fsp3) is 0.451. The standard InChI is InChI=1S/C51H56/c1-3-16-34(17-4-1)41-31-30-35-18-7-9-23-39(35)51(41)40-29-15-22-38-32-37(40)21-8-10-28-46-49(36-19-5-2-6-20-36)45-27-14-13-25-43-42-24-11-12-26-44(42)48(50(38)46)33-47(43)45/h2-3,5,7,9,11-12,14,16,18-19,21,23-24,26-27,30-31,33-35,38-41,43,48,51H,1,4,6,8,10,13,15,17,20,22,25,28-29,32H2. The zero-order valence-electron chi connectivity index (χ0n) is 30.6. The Balaban J connectivity index is 1.12. The molecule has 9 aliphatic rings. The van der Waals surface area contributed by atoms with Crippen LogP contribution in [-0.2, 0) is 0 Å². The van der Waals surface area contributed by atoms with Crippen LogP contribution in [0.3, 0.4) is 0 Å². The predicted octanol–water partition coefficient (Wildman–Crippen LogP) is 13.5. The van der Waals surface area contributed by atoms with E-state index in [-0.39, 0.29) is 0 Å². The Morgan fingerprint density at radius 2 is 1.61 bits per heavy atom. The minimum atomic E-state index is 0.399. The minimum absolute atomic E-state index is 0.399. The summed E-state index contributed by atoms with van der Waals surface area (Å²) in [5.74, 6) is 5.40. The average molecular weight is 669 g/mol. The topological polar surface area (TPSA) is 0 Å². The molecule has 1 aromatic rings. The summed E-state index contributed by atoms with van der Waals surface area (Å²) in [5.41, 5.74) is 15.1. The molecule has 9 atom stereocenters. The Morgan fingerprint density at radius 3 is 2.51 bits per heavy atom. The summed E-state index contributed by atoms with van der Waals surface area (Å²) < 4.78 is 0. The van der Waals surface area contributed by atoms with Crippen LogP contribution in [0.5, 0.6) is 0 Å². The molecular weight excluding hydrogens is 613 g/mol. The van der Waals surface area contributed by atoms with Gasteiger partial charge in [0.15, 0.2) is 0 Å². The van der Waals surface area contributed by atoms with Gasteiger partial charge >= 0.3 is 0 Å². The van der Waals surface area contributed by atoms with E-state index in [1.165, 1.54) is 83.5 Å². The van der Waals surface area contributed by atoms with E-state index in [0.29, 0.717) is 53.3 Å². The minimum Gasteiger partial charge on any atom is -0.0882 e. The maximum absolute atomic E-state index is 2.81. The van der Waals surface area contributed by atoms with Gasteiger partial charge in [0.25, 0.3) is 0 Å². The van der Waals surface area contributed by atoms with E-state index < -0.39 is 0 Å². The lowest BCUT2D eigenvalue weighted by molar-refractivity contribution is 0.146. The van der Waals surface area contributed by atoms with Crippen molar-refractivity contribution < 1.29 is 0 Å². The fourth-order valence-electron chi connectivity index (χ4n) is 12.5. The molecule has 9 unspecified atom stereocenters. The quantitative estimate of drug-likeness (QED) is 0.281. The summed E-state index contributed by atoms with van der Waals surface area (Å²) >= 11 is 0. The van der Waals surface area contributed by atoms with Crippen LogP contribution >= 0.6 is 0 Å². The summed E-state index contributed by atoms with van der Waals surface area (Å²) in [7, 11) is 0. The van der Waals surface area contributed by atoms with Gasteiger partial charge in [-0.25, -0.2) is 0 Å². The van der Waals surface area contributed by atoms with Gasteiger partial charge < -0.3 is 0 Å². The SMILES string of the molecule is C1=CCCC(C2=C3C=CCCC4C3=CC(C3=C2CCCC=C2CC3CCCC2C2C3C=CC=CC3C=CC2C2C=CCCC2)c2ccccc24)=C1. The van der Waals surface area contributed by atoms with E-state index in [0.717, 1.165) is 6.42 Å². The number of rotatable bonds is 3. The molecule has 10 rings (SSSR count). The zero-order chi connectivity index (χ0) is 33.7. The molecule has 1 fully saturated rings. The predicted molar refractivity (Wildman–Crippen MR) is 214 cm³/mol. The van der Waals surface area contributed by atoms with E-state index in [2.05, 4.69) is 115 Å². The van der Waals surface area contributed by atoms with E-state index in [4.69, 9.17) is 0 Å². The second kappa shape index (κ2) is 13.7. The van der Waals surface area contributed by atoms with E-state index in [9.17, 15) is 0 Å². The average Bonchev–Trinajstić information content (AvgIpc) is 3.54. The van der Waals surface area contributed by atoms with Crippen LogP contribution in [-0.4, -0.2) is 0 Å². The van der Waals surface area contributed by atoms with Crippen molar-refractivity contribution in [1.29, 1.82) is 0 Å². The number of benzene rings is 1. The Bertz CT molecular complexity index is 1900. The van der Waals surface area contributed by atoms with Crippen LogP contribution in [0.15, 0.2) is 154 Å². The Morgan fingerprint density at radius 1 is 0.667 bits per heavy atom. The largest absolute Gasteiger partial charge is 0.0882 e. The molecule has 0 amide bonds. The number of fused-ring (bicyclic) bond motifs is 5. The van der Waals surface area contributed by atoms with Gasteiger partial charge in [-0.1, -0.05) is 133 Å². The highest BCUT2D eigenvalue weighted by atomic mass is 14.5. The van der Waals surface area contributed by atoms with Gasteiger partial charge in [0.2, 0.25) is 0 Å². The first-order valence-electron chi connectivity index (χ1n) is 21.0. The number of allylic oxidation sites excluding steroid dienone is 22. The van der Waals surface area contributed by atoms with Gasteiger partial charge in [-0.2, -0.15) is 0 Å². The van der Waals surface area contributed by atoms with Crippen molar-refractivity contribution in [2.75, 3.05) is 0 Å². The summed E-state index contributed by atoms with van der Waals surface area (Å²) in [6.45, 7) is 0. The smallest absolute Gasteiger partial charge is 0.0246 e. The third-order valence-electron chi connectivity index (χ3n) is 14.7. The summed E-state index contributed by atoms with van der Waals surface area (Å²) in [6, 6.07) is 9.68. The lowest BCUT2D eigenvalue weighted by atomic mass is 9.58. The molecular formula is C51H56. The zero-order valence-corrected chi connectivity index (χ0v) is 30.6. The molecule has 0 saturated heterocycles. The van der Waals surface area contributed by atoms with Crippen molar-refractivity contribution in [3.8, 4) is 0 Å². The van der Waals surface area contributed by atoms with Gasteiger partial charge in [-0.3, -0.25) is 0 Å². The molecule has 0 heterocycles. The molecule has 0 aromatic heterocycles. The Hall–Kier alpha value is -3.64. The van der Waals surface area contributed by atoms with Crippen molar-refractivity contribution in [3.05, 3.63) is 166 Å². The summed E-state index contributed by atoms with van der Waals surface area (Å²) in [4.78, 5) is 0. The van der Waals surface area contributed by atoms with Crippen LogP contribution < -0.4 is 0 Å². The number of hydrogen-bond acceptors (Lipinski definition) is 0. The molecule has 0 heteroatoms. The molecule has 1 aromatic carbocycles. The van der Waals surface area contributed by atoms with Gasteiger partial charge in [0.05, 0.1) is 0 Å². The molecule has 260 valence electrons. The van der Waals surface area contributed by atoms with E-state index in [1.807, 2.05) is 11.1 Å². The third-order valence-corrected chi connectivity index (χ3v) is 14.7. The third kappa shape index (κ3) is 5.62. The normalized spacial score (nSPS) is 36.6. The molecule has 6 bridgehead atoms. The van der Waals surface area contributed by atoms with Crippen LogP contribution in [0.4, 0.5) is 0 Å². The van der Waals surface area contributed by atoms with Crippen LogP contribution in [0.2, 0.25) is 0 Å². The highest BCUT2D eigenvalue weighted by molar-refractivity contribution is 5.69. The van der Waals surface area contributed by atoms with Crippen LogP contribution in [0, 0.1) is 41.4 Å². The van der Waals surface area contributed by atoms with Crippen molar-refractivity contribution in [1.82, 2.24) is 0 Å². The van der Waals surface area contributed by atoms with Crippen molar-refractivity contribution in [2.24, 2.45) is 41.4 Å². The molecule has 1 saturated carbocycles. The molecule has 0 spiro atoms. The highest BCUT2D eigenvalue weighted by Crippen LogP contribution is 2.58. The van der Waals surface area contributed by atoms with Gasteiger partial charge in [0, 0.05) is 17.8 Å². The van der Waals surface area contributed by atoms with Crippen molar-refractivity contribution in [3.63, 3.8) is 0 Å².